The van der Waals surface area contributed by atoms with Crippen molar-refractivity contribution in [2.75, 3.05) is 6.61 Å². The second-order valence-corrected chi connectivity index (χ2v) is 5.19. The van der Waals surface area contributed by atoms with Crippen molar-refractivity contribution in [1.82, 2.24) is 10.3 Å². The summed E-state index contributed by atoms with van der Waals surface area (Å²) in [6.45, 7) is 7.33. The third-order valence-electron chi connectivity index (χ3n) is 2.44. The number of nitrogens with one attached hydrogen (secondary N) is 1. The normalized spacial score (nSPS) is 13.4. The molecule has 86 valence electrons. The van der Waals surface area contributed by atoms with Crippen LogP contribution in [0, 0.1) is 5.92 Å². The quantitative estimate of drug-likeness (QED) is 0.780. The average molecular weight is 228 g/mol. The molecule has 1 aromatic rings. The molecule has 0 unspecified atom stereocenters. The molecule has 1 rings (SSSR count). The summed E-state index contributed by atoms with van der Waals surface area (Å²) in [5.41, 5.74) is 0. The van der Waals surface area contributed by atoms with E-state index in [1.54, 1.807) is 11.3 Å². The summed E-state index contributed by atoms with van der Waals surface area (Å²) in [6.07, 6.45) is 2.92. The summed E-state index contributed by atoms with van der Waals surface area (Å²) in [6, 6.07) is 0.178. The molecule has 0 aliphatic carbocycles. The molecule has 0 bridgehead atoms. The van der Waals surface area contributed by atoms with Crippen LogP contribution in [0.3, 0.4) is 0 Å². The minimum atomic E-state index is 0.178. The lowest BCUT2D eigenvalue weighted by atomic mass is 10.1. The third-order valence-corrected chi connectivity index (χ3v) is 3.59. The van der Waals surface area contributed by atoms with E-state index in [1.807, 2.05) is 6.20 Å². The van der Waals surface area contributed by atoms with Crippen molar-refractivity contribution in [1.29, 1.82) is 0 Å². The number of hydrogen-bond acceptors (Lipinski definition) is 4. The Labute approximate surface area is 95.6 Å². The molecule has 1 heterocycles. The van der Waals surface area contributed by atoms with E-state index in [0.29, 0.717) is 5.92 Å². The number of aromatic nitrogens is 1. The number of thiazole rings is 1. The van der Waals surface area contributed by atoms with Crippen molar-refractivity contribution in [2.24, 2.45) is 5.92 Å². The van der Waals surface area contributed by atoms with Crippen LogP contribution < -0.4 is 5.32 Å². The Bertz CT molecular complexity index is 286. The average Bonchev–Trinajstić information content (AvgIpc) is 2.66. The SMILES string of the molecule is CCc1ncc(CN[C@H](CO)C(C)C)s1. The second-order valence-electron chi connectivity index (χ2n) is 3.99. The number of nitrogens with zero attached hydrogens (tertiary/aromatic N) is 1. The van der Waals surface area contributed by atoms with Gasteiger partial charge in [0.1, 0.15) is 0 Å². The molecule has 1 aromatic heterocycles. The van der Waals surface area contributed by atoms with Crippen molar-refractivity contribution in [3.8, 4) is 0 Å². The molecular formula is C11H20N2OS. The molecular weight excluding hydrogens is 208 g/mol. The van der Waals surface area contributed by atoms with Gasteiger partial charge in [0.2, 0.25) is 0 Å². The van der Waals surface area contributed by atoms with Crippen LogP contribution in [0.2, 0.25) is 0 Å². The zero-order valence-corrected chi connectivity index (χ0v) is 10.5. The first-order chi connectivity index (χ1) is 7.17. The highest BCUT2D eigenvalue weighted by Crippen LogP contribution is 2.13. The zero-order valence-electron chi connectivity index (χ0n) is 9.66. The molecule has 0 spiro atoms. The van der Waals surface area contributed by atoms with Crippen molar-refractivity contribution in [2.45, 2.75) is 39.8 Å². The maximum absolute atomic E-state index is 9.15. The Hall–Kier alpha value is -0.450. The first-order valence-corrected chi connectivity index (χ1v) is 6.26. The number of aliphatic hydroxyl groups is 1. The van der Waals surface area contributed by atoms with E-state index in [9.17, 15) is 0 Å². The van der Waals surface area contributed by atoms with E-state index < -0.39 is 0 Å². The predicted molar refractivity (Wildman–Crippen MR) is 64.0 cm³/mol. The van der Waals surface area contributed by atoms with Gasteiger partial charge in [-0.25, -0.2) is 4.98 Å². The standard InChI is InChI=1S/C11H20N2OS/c1-4-11-13-6-9(15-11)5-12-10(7-14)8(2)3/h6,8,10,12,14H,4-5,7H2,1-3H3/t10-/m1/s1. The first-order valence-electron chi connectivity index (χ1n) is 5.45. The molecule has 0 aliphatic rings. The third kappa shape index (κ3) is 3.89. The summed E-state index contributed by atoms with van der Waals surface area (Å²) in [5.74, 6) is 0.452. The highest BCUT2D eigenvalue weighted by Gasteiger charge is 2.11. The summed E-state index contributed by atoms with van der Waals surface area (Å²) < 4.78 is 0. The Morgan fingerprint density at radius 1 is 1.53 bits per heavy atom. The van der Waals surface area contributed by atoms with Gasteiger partial charge in [-0.05, 0) is 12.3 Å². The van der Waals surface area contributed by atoms with E-state index in [2.05, 4.69) is 31.1 Å². The van der Waals surface area contributed by atoms with Gasteiger partial charge in [0.15, 0.2) is 0 Å². The Morgan fingerprint density at radius 3 is 2.73 bits per heavy atom. The first kappa shape index (κ1) is 12.6. The Kier molecular flexibility index (Phi) is 5.22. The van der Waals surface area contributed by atoms with Crippen molar-refractivity contribution >= 4 is 11.3 Å². The van der Waals surface area contributed by atoms with E-state index in [-0.39, 0.29) is 12.6 Å². The van der Waals surface area contributed by atoms with Gasteiger partial charge in [-0.2, -0.15) is 0 Å². The van der Waals surface area contributed by atoms with E-state index in [4.69, 9.17) is 5.11 Å². The fourth-order valence-electron chi connectivity index (χ4n) is 1.34. The summed E-state index contributed by atoms with van der Waals surface area (Å²) in [7, 11) is 0. The number of aliphatic hydroxyl groups excluding tert-OH is 1. The van der Waals surface area contributed by atoms with Gasteiger partial charge in [0.25, 0.3) is 0 Å². The zero-order chi connectivity index (χ0) is 11.3. The summed E-state index contributed by atoms with van der Waals surface area (Å²) >= 11 is 1.74. The van der Waals surface area contributed by atoms with Crippen molar-refractivity contribution in [3.05, 3.63) is 16.1 Å². The lowest BCUT2D eigenvalue weighted by Gasteiger charge is -2.19. The highest BCUT2D eigenvalue weighted by atomic mass is 32.1. The van der Waals surface area contributed by atoms with Crippen LogP contribution >= 0.6 is 11.3 Å². The Morgan fingerprint density at radius 2 is 2.27 bits per heavy atom. The van der Waals surface area contributed by atoms with Gasteiger partial charge in [0.05, 0.1) is 11.6 Å². The number of aryl methyl sites for hydroxylation is 1. The molecule has 1 atom stereocenters. The smallest absolute Gasteiger partial charge is 0.0925 e. The van der Waals surface area contributed by atoms with Crippen molar-refractivity contribution in [3.63, 3.8) is 0 Å². The molecule has 15 heavy (non-hydrogen) atoms. The van der Waals surface area contributed by atoms with Crippen LogP contribution in [0.4, 0.5) is 0 Å². The lowest BCUT2D eigenvalue weighted by molar-refractivity contribution is 0.210. The van der Waals surface area contributed by atoms with Gasteiger partial charge in [-0.1, -0.05) is 20.8 Å². The molecule has 3 nitrogen and oxygen atoms in total. The van der Waals surface area contributed by atoms with Gasteiger partial charge in [-0.3, -0.25) is 0 Å². The fourth-order valence-corrected chi connectivity index (χ4v) is 2.15. The molecule has 0 radical (unpaired) electrons. The minimum Gasteiger partial charge on any atom is -0.395 e. The molecule has 0 amide bonds. The van der Waals surface area contributed by atoms with Crippen LogP contribution in [0.5, 0.6) is 0 Å². The molecule has 0 fully saturated rings. The van der Waals surface area contributed by atoms with E-state index in [0.717, 1.165) is 13.0 Å². The number of hydrogen-bond donors (Lipinski definition) is 2. The van der Waals surface area contributed by atoms with Gasteiger partial charge in [0, 0.05) is 23.7 Å². The summed E-state index contributed by atoms with van der Waals surface area (Å²) in [4.78, 5) is 5.54. The van der Waals surface area contributed by atoms with Crippen LogP contribution in [-0.2, 0) is 13.0 Å². The fraction of sp³-hybridized carbons (Fsp3) is 0.727. The second kappa shape index (κ2) is 6.20. The van der Waals surface area contributed by atoms with Gasteiger partial charge in [-0.15, -0.1) is 11.3 Å². The predicted octanol–water partition coefficient (Wildman–Crippen LogP) is 1.81. The lowest BCUT2D eigenvalue weighted by Crippen LogP contribution is -2.36. The van der Waals surface area contributed by atoms with Crippen LogP contribution in [-0.4, -0.2) is 22.7 Å². The maximum atomic E-state index is 9.15. The monoisotopic (exact) mass is 228 g/mol. The largest absolute Gasteiger partial charge is 0.395 e. The van der Waals surface area contributed by atoms with Gasteiger partial charge >= 0.3 is 0 Å². The summed E-state index contributed by atoms with van der Waals surface area (Å²) in [5, 5.41) is 13.7. The topological polar surface area (TPSA) is 45.2 Å². The van der Waals surface area contributed by atoms with Crippen molar-refractivity contribution < 1.29 is 5.11 Å². The molecule has 0 saturated heterocycles. The van der Waals surface area contributed by atoms with Crippen LogP contribution in [0.1, 0.15) is 30.7 Å². The molecule has 0 saturated carbocycles. The molecule has 4 heteroatoms. The molecule has 0 aromatic carbocycles. The Balaban J connectivity index is 2.41. The van der Waals surface area contributed by atoms with Crippen LogP contribution in [0.25, 0.3) is 0 Å². The van der Waals surface area contributed by atoms with E-state index in [1.165, 1.54) is 9.88 Å². The molecule has 0 aliphatic heterocycles. The number of rotatable bonds is 6. The minimum absolute atomic E-state index is 0.178. The van der Waals surface area contributed by atoms with E-state index >= 15 is 0 Å². The van der Waals surface area contributed by atoms with Crippen LogP contribution in [0.15, 0.2) is 6.20 Å². The molecule has 2 N–H and O–H groups in total. The highest BCUT2D eigenvalue weighted by molar-refractivity contribution is 7.11. The van der Waals surface area contributed by atoms with Gasteiger partial charge < -0.3 is 10.4 Å². The maximum Gasteiger partial charge on any atom is 0.0925 e.